The Morgan fingerprint density at radius 2 is 1.86 bits per heavy atom. The molecule has 110 valence electrons. The van der Waals surface area contributed by atoms with E-state index in [9.17, 15) is 0 Å². The van der Waals surface area contributed by atoms with Crippen molar-refractivity contribution in [1.82, 2.24) is 0 Å². The van der Waals surface area contributed by atoms with Crippen molar-refractivity contribution in [2.24, 2.45) is 10.9 Å². The van der Waals surface area contributed by atoms with Crippen LogP contribution in [0.4, 0.5) is 0 Å². The van der Waals surface area contributed by atoms with Crippen molar-refractivity contribution < 1.29 is 9.57 Å². The Balaban J connectivity index is 1.82. The van der Waals surface area contributed by atoms with Crippen molar-refractivity contribution in [2.75, 3.05) is 6.61 Å². The van der Waals surface area contributed by atoms with E-state index in [4.69, 9.17) is 15.3 Å². The number of aryl methyl sites for hydroxylation is 2. The van der Waals surface area contributed by atoms with E-state index in [2.05, 4.69) is 23.4 Å². The van der Waals surface area contributed by atoms with Crippen LogP contribution in [0, 0.1) is 13.8 Å². The van der Waals surface area contributed by atoms with Crippen molar-refractivity contribution >= 4 is 5.84 Å². The van der Waals surface area contributed by atoms with E-state index in [0.717, 1.165) is 11.3 Å². The molecule has 0 radical (unpaired) electrons. The Bertz CT molecular complexity index is 609. The van der Waals surface area contributed by atoms with Gasteiger partial charge in [-0.1, -0.05) is 47.1 Å². The van der Waals surface area contributed by atoms with E-state index in [1.807, 2.05) is 44.2 Å². The fourth-order valence-corrected chi connectivity index (χ4v) is 1.84. The number of oxime groups is 1. The number of nitrogens with zero attached hydrogens (tertiary/aromatic N) is 1. The molecule has 4 heteroatoms. The van der Waals surface area contributed by atoms with Crippen LogP contribution < -0.4 is 10.5 Å². The molecule has 2 aromatic rings. The fourth-order valence-electron chi connectivity index (χ4n) is 1.84. The van der Waals surface area contributed by atoms with Gasteiger partial charge < -0.3 is 15.3 Å². The molecule has 21 heavy (non-hydrogen) atoms. The molecule has 2 rings (SSSR count). The Hall–Kier alpha value is -2.49. The van der Waals surface area contributed by atoms with Gasteiger partial charge in [0.1, 0.15) is 19.0 Å². The lowest BCUT2D eigenvalue weighted by Gasteiger charge is -2.07. The Kier molecular flexibility index (Phi) is 5.21. The van der Waals surface area contributed by atoms with Crippen LogP contribution in [0.1, 0.15) is 16.7 Å². The van der Waals surface area contributed by atoms with E-state index in [-0.39, 0.29) is 6.61 Å². The molecule has 0 aromatic heterocycles. The number of ether oxygens (including phenoxy) is 1. The highest BCUT2D eigenvalue weighted by molar-refractivity contribution is 5.81. The van der Waals surface area contributed by atoms with Crippen molar-refractivity contribution in [1.29, 1.82) is 0 Å². The van der Waals surface area contributed by atoms with Crippen LogP contribution in [0.15, 0.2) is 53.7 Å². The molecule has 0 aliphatic rings. The van der Waals surface area contributed by atoms with Gasteiger partial charge in [-0.15, -0.1) is 0 Å². The summed E-state index contributed by atoms with van der Waals surface area (Å²) in [5.41, 5.74) is 9.23. The third kappa shape index (κ3) is 4.84. The van der Waals surface area contributed by atoms with Crippen LogP contribution in [0.3, 0.4) is 0 Å². The van der Waals surface area contributed by atoms with Crippen LogP contribution in [-0.4, -0.2) is 12.4 Å². The first kappa shape index (κ1) is 14.9. The summed E-state index contributed by atoms with van der Waals surface area (Å²) in [4.78, 5) is 5.29. The molecule has 0 saturated heterocycles. The van der Waals surface area contributed by atoms with Gasteiger partial charge in [-0.25, -0.2) is 0 Å². The number of hydrogen-bond acceptors (Lipinski definition) is 3. The molecule has 0 bridgehead atoms. The summed E-state index contributed by atoms with van der Waals surface area (Å²) < 4.78 is 5.48. The van der Waals surface area contributed by atoms with Crippen molar-refractivity contribution in [3.63, 3.8) is 0 Å². The predicted octanol–water partition coefficient (Wildman–Crippen LogP) is 3.17. The predicted molar refractivity (Wildman–Crippen MR) is 84.3 cm³/mol. The molecule has 0 unspecified atom stereocenters. The van der Waals surface area contributed by atoms with Crippen LogP contribution in [0.25, 0.3) is 0 Å². The maximum Gasteiger partial charge on any atom is 0.177 e. The number of amidine groups is 1. The lowest BCUT2D eigenvalue weighted by Crippen LogP contribution is -2.21. The molecule has 2 aromatic carbocycles. The van der Waals surface area contributed by atoms with Crippen molar-refractivity contribution in [3.05, 3.63) is 65.2 Å². The molecule has 0 fully saturated rings. The highest BCUT2D eigenvalue weighted by Gasteiger charge is 2.00. The fraction of sp³-hybridized carbons (Fsp3) is 0.235. The highest BCUT2D eigenvalue weighted by Crippen LogP contribution is 2.12. The highest BCUT2D eigenvalue weighted by atomic mass is 16.6. The first-order valence-electron chi connectivity index (χ1n) is 6.83. The molecule has 4 nitrogen and oxygen atoms in total. The average molecular weight is 284 g/mol. The topological polar surface area (TPSA) is 56.8 Å². The molecular weight excluding hydrogens is 264 g/mol. The number of rotatable bonds is 6. The molecule has 0 saturated carbocycles. The Morgan fingerprint density at radius 3 is 2.62 bits per heavy atom. The smallest absolute Gasteiger partial charge is 0.177 e. The van der Waals surface area contributed by atoms with Gasteiger partial charge in [0.05, 0.1) is 0 Å². The second kappa shape index (κ2) is 7.33. The second-order valence-corrected chi connectivity index (χ2v) is 4.89. The largest absolute Gasteiger partial charge is 0.486 e. The zero-order valence-corrected chi connectivity index (χ0v) is 12.4. The SMILES string of the molecule is Cc1ccc(C)c(CON=C(N)COc2ccccc2)c1. The maximum absolute atomic E-state index is 5.75. The van der Waals surface area contributed by atoms with Gasteiger partial charge in [-0.05, 0) is 37.1 Å². The van der Waals surface area contributed by atoms with E-state index >= 15 is 0 Å². The van der Waals surface area contributed by atoms with Crippen LogP contribution in [0.5, 0.6) is 5.75 Å². The van der Waals surface area contributed by atoms with E-state index in [0.29, 0.717) is 12.4 Å². The summed E-state index contributed by atoms with van der Waals surface area (Å²) in [6.07, 6.45) is 0. The molecule has 0 heterocycles. The molecule has 0 aliphatic carbocycles. The van der Waals surface area contributed by atoms with Gasteiger partial charge in [-0.3, -0.25) is 0 Å². The third-order valence-corrected chi connectivity index (χ3v) is 3.04. The number of para-hydroxylation sites is 1. The third-order valence-electron chi connectivity index (χ3n) is 3.04. The van der Waals surface area contributed by atoms with Gasteiger partial charge >= 0.3 is 0 Å². The van der Waals surface area contributed by atoms with E-state index in [1.54, 1.807) is 0 Å². The van der Waals surface area contributed by atoms with E-state index < -0.39 is 0 Å². The number of benzene rings is 2. The van der Waals surface area contributed by atoms with Crippen LogP contribution in [-0.2, 0) is 11.4 Å². The summed E-state index contributed by atoms with van der Waals surface area (Å²) in [5, 5.41) is 3.87. The molecule has 2 N–H and O–H groups in total. The monoisotopic (exact) mass is 284 g/mol. The second-order valence-electron chi connectivity index (χ2n) is 4.89. The zero-order chi connectivity index (χ0) is 15.1. The zero-order valence-electron chi connectivity index (χ0n) is 12.4. The normalized spacial score (nSPS) is 11.2. The molecule has 0 spiro atoms. The van der Waals surface area contributed by atoms with Crippen molar-refractivity contribution in [3.8, 4) is 5.75 Å². The van der Waals surface area contributed by atoms with E-state index in [1.165, 1.54) is 11.1 Å². The Labute approximate surface area is 125 Å². The summed E-state index contributed by atoms with van der Waals surface area (Å²) >= 11 is 0. The van der Waals surface area contributed by atoms with Gasteiger partial charge in [0.2, 0.25) is 0 Å². The lowest BCUT2D eigenvalue weighted by atomic mass is 10.1. The maximum atomic E-state index is 5.75. The van der Waals surface area contributed by atoms with Gasteiger partial charge in [-0.2, -0.15) is 0 Å². The molecule has 0 amide bonds. The van der Waals surface area contributed by atoms with Gasteiger partial charge in [0, 0.05) is 0 Å². The quantitative estimate of drug-likeness (QED) is 0.503. The minimum Gasteiger partial charge on any atom is -0.486 e. The first-order valence-corrected chi connectivity index (χ1v) is 6.83. The standard InChI is InChI=1S/C17H20N2O2/c1-13-8-9-14(2)15(10-13)11-21-19-17(18)12-20-16-6-4-3-5-7-16/h3-10H,11-12H2,1-2H3,(H2,18,19). The summed E-state index contributed by atoms with van der Waals surface area (Å²) in [6, 6.07) is 15.7. The van der Waals surface area contributed by atoms with Crippen molar-refractivity contribution in [2.45, 2.75) is 20.5 Å². The first-order chi connectivity index (χ1) is 10.1. The molecule has 0 aliphatic heterocycles. The minimum atomic E-state index is 0.205. The minimum absolute atomic E-state index is 0.205. The van der Waals surface area contributed by atoms with Gasteiger partial charge in [0.25, 0.3) is 0 Å². The van der Waals surface area contributed by atoms with Gasteiger partial charge in [0.15, 0.2) is 5.84 Å². The summed E-state index contributed by atoms with van der Waals surface area (Å²) in [6.45, 7) is 4.70. The lowest BCUT2D eigenvalue weighted by molar-refractivity contribution is 0.128. The molecule has 0 atom stereocenters. The number of hydrogen-bond donors (Lipinski definition) is 1. The summed E-state index contributed by atoms with van der Waals surface area (Å²) in [5.74, 6) is 1.06. The number of nitrogens with two attached hydrogens (primary N) is 1. The average Bonchev–Trinajstić information content (AvgIpc) is 2.50. The summed E-state index contributed by atoms with van der Waals surface area (Å²) in [7, 11) is 0. The van der Waals surface area contributed by atoms with Crippen LogP contribution in [0.2, 0.25) is 0 Å². The Morgan fingerprint density at radius 1 is 1.10 bits per heavy atom. The van der Waals surface area contributed by atoms with Crippen LogP contribution >= 0.6 is 0 Å². The molecular formula is C17H20N2O2.